The van der Waals surface area contributed by atoms with Gasteiger partial charge in [0.15, 0.2) is 0 Å². The summed E-state index contributed by atoms with van der Waals surface area (Å²) in [4.78, 5) is 6.98. The summed E-state index contributed by atoms with van der Waals surface area (Å²) in [5.74, 6) is 1.25. The van der Waals surface area contributed by atoms with Crippen LogP contribution in [-0.2, 0) is 4.74 Å². The zero-order valence-corrected chi connectivity index (χ0v) is 13.7. The number of hydrogen-bond acceptors (Lipinski definition) is 5. The van der Waals surface area contributed by atoms with Crippen LogP contribution in [0.4, 0.5) is 5.95 Å². The van der Waals surface area contributed by atoms with E-state index in [0.717, 1.165) is 37.4 Å². The molecule has 1 aliphatic rings. The van der Waals surface area contributed by atoms with Crippen LogP contribution < -0.4 is 4.90 Å². The highest BCUT2D eigenvalue weighted by Crippen LogP contribution is 2.28. The molecule has 0 aliphatic carbocycles. The molecule has 0 amide bonds. The highest BCUT2D eigenvalue weighted by Gasteiger charge is 2.24. The lowest BCUT2D eigenvalue weighted by Gasteiger charge is -2.16. The SMILES string of the molecule is COC[C@@H]1CCN(c2nncc(-c3cccc4ccccc34)n2)C1. The summed E-state index contributed by atoms with van der Waals surface area (Å²) in [6.07, 6.45) is 2.85. The Kier molecular flexibility index (Phi) is 4.09. The molecule has 5 nitrogen and oxygen atoms in total. The number of aromatic nitrogens is 3. The molecule has 4 rings (SSSR count). The first-order chi connectivity index (χ1) is 11.8. The van der Waals surface area contributed by atoms with E-state index in [-0.39, 0.29) is 0 Å². The molecule has 1 aliphatic heterocycles. The highest BCUT2D eigenvalue weighted by atomic mass is 16.5. The highest BCUT2D eigenvalue weighted by molar-refractivity contribution is 5.95. The van der Waals surface area contributed by atoms with Crippen molar-refractivity contribution in [2.45, 2.75) is 6.42 Å². The van der Waals surface area contributed by atoms with E-state index in [4.69, 9.17) is 9.72 Å². The van der Waals surface area contributed by atoms with E-state index in [1.807, 2.05) is 0 Å². The fraction of sp³-hybridized carbons (Fsp3) is 0.316. The molecule has 0 unspecified atom stereocenters. The maximum absolute atomic E-state index is 5.27. The topological polar surface area (TPSA) is 51.1 Å². The smallest absolute Gasteiger partial charge is 0.245 e. The van der Waals surface area contributed by atoms with Gasteiger partial charge in [0.1, 0.15) is 0 Å². The fourth-order valence-corrected chi connectivity index (χ4v) is 3.39. The Bertz CT molecular complexity index is 846. The summed E-state index contributed by atoms with van der Waals surface area (Å²) < 4.78 is 5.27. The van der Waals surface area contributed by atoms with Gasteiger partial charge in [-0.25, -0.2) is 4.98 Å². The van der Waals surface area contributed by atoms with Gasteiger partial charge in [-0.15, -0.1) is 5.10 Å². The minimum atomic E-state index is 0.541. The van der Waals surface area contributed by atoms with Crippen molar-refractivity contribution in [2.75, 3.05) is 31.7 Å². The molecule has 122 valence electrons. The summed E-state index contributed by atoms with van der Waals surface area (Å²) in [6, 6.07) is 14.6. The van der Waals surface area contributed by atoms with Crippen LogP contribution in [0.25, 0.3) is 22.0 Å². The molecule has 0 spiro atoms. The second kappa shape index (κ2) is 6.53. The lowest BCUT2D eigenvalue weighted by molar-refractivity contribution is 0.161. The van der Waals surface area contributed by atoms with E-state index in [0.29, 0.717) is 11.9 Å². The van der Waals surface area contributed by atoms with Crippen molar-refractivity contribution in [3.05, 3.63) is 48.7 Å². The summed E-state index contributed by atoms with van der Waals surface area (Å²) in [7, 11) is 1.75. The third-order valence-corrected chi connectivity index (χ3v) is 4.58. The van der Waals surface area contributed by atoms with Gasteiger partial charge < -0.3 is 9.64 Å². The minimum absolute atomic E-state index is 0.541. The Morgan fingerprint density at radius 1 is 1.17 bits per heavy atom. The first-order valence-electron chi connectivity index (χ1n) is 8.27. The van der Waals surface area contributed by atoms with Crippen molar-refractivity contribution in [1.29, 1.82) is 0 Å². The van der Waals surface area contributed by atoms with Gasteiger partial charge >= 0.3 is 0 Å². The molecular formula is C19H20N4O. The largest absolute Gasteiger partial charge is 0.384 e. The lowest BCUT2D eigenvalue weighted by atomic mass is 10.0. The third-order valence-electron chi connectivity index (χ3n) is 4.58. The average Bonchev–Trinajstić information content (AvgIpc) is 3.10. The van der Waals surface area contributed by atoms with Crippen LogP contribution >= 0.6 is 0 Å². The molecule has 2 aromatic carbocycles. The van der Waals surface area contributed by atoms with Crippen LogP contribution in [0.5, 0.6) is 0 Å². The molecule has 1 saturated heterocycles. The number of methoxy groups -OCH3 is 1. The molecule has 1 aromatic heterocycles. The van der Waals surface area contributed by atoms with E-state index >= 15 is 0 Å². The van der Waals surface area contributed by atoms with Crippen LogP contribution in [0.1, 0.15) is 6.42 Å². The predicted octanol–water partition coefficient (Wildman–Crippen LogP) is 3.16. The monoisotopic (exact) mass is 320 g/mol. The fourth-order valence-electron chi connectivity index (χ4n) is 3.39. The summed E-state index contributed by atoms with van der Waals surface area (Å²) in [5.41, 5.74) is 1.96. The first kappa shape index (κ1) is 15.0. The van der Waals surface area contributed by atoms with Crippen molar-refractivity contribution in [1.82, 2.24) is 15.2 Å². The van der Waals surface area contributed by atoms with E-state index in [9.17, 15) is 0 Å². The van der Waals surface area contributed by atoms with Gasteiger partial charge in [0.25, 0.3) is 0 Å². The molecule has 24 heavy (non-hydrogen) atoms. The van der Waals surface area contributed by atoms with Crippen molar-refractivity contribution in [3.8, 4) is 11.3 Å². The number of nitrogens with zero attached hydrogens (tertiary/aromatic N) is 4. The molecule has 0 bridgehead atoms. The van der Waals surface area contributed by atoms with Gasteiger partial charge in [-0.2, -0.15) is 5.10 Å². The van der Waals surface area contributed by atoms with Crippen molar-refractivity contribution >= 4 is 16.7 Å². The maximum Gasteiger partial charge on any atom is 0.245 e. The normalized spacial score (nSPS) is 17.5. The molecule has 1 atom stereocenters. The van der Waals surface area contributed by atoms with Crippen LogP contribution in [0.15, 0.2) is 48.7 Å². The van der Waals surface area contributed by atoms with Crippen LogP contribution in [-0.4, -0.2) is 42.0 Å². The number of ether oxygens (including phenoxy) is 1. The van der Waals surface area contributed by atoms with E-state index in [1.54, 1.807) is 13.3 Å². The minimum Gasteiger partial charge on any atom is -0.384 e. The number of hydrogen-bond donors (Lipinski definition) is 0. The predicted molar refractivity (Wildman–Crippen MR) is 95.0 cm³/mol. The Morgan fingerprint density at radius 2 is 2.04 bits per heavy atom. The summed E-state index contributed by atoms with van der Waals surface area (Å²) >= 11 is 0. The second-order valence-corrected chi connectivity index (χ2v) is 6.22. The number of rotatable bonds is 4. The summed E-state index contributed by atoms with van der Waals surface area (Å²) in [5, 5.41) is 10.8. The van der Waals surface area contributed by atoms with Crippen molar-refractivity contribution in [3.63, 3.8) is 0 Å². The lowest BCUT2D eigenvalue weighted by Crippen LogP contribution is -2.23. The van der Waals surface area contributed by atoms with Crippen LogP contribution in [0.3, 0.4) is 0 Å². The first-order valence-corrected chi connectivity index (χ1v) is 8.27. The molecule has 1 fully saturated rings. The third kappa shape index (κ3) is 2.83. The molecule has 0 N–H and O–H groups in total. The Morgan fingerprint density at radius 3 is 2.96 bits per heavy atom. The van der Waals surface area contributed by atoms with Gasteiger partial charge in [0.05, 0.1) is 18.5 Å². The van der Waals surface area contributed by atoms with Gasteiger partial charge in [-0.3, -0.25) is 0 Å². The van der Waals surface area contributed by atoms with Crippen molar-refractivity contribution < 1.29 is 4.74 Å². The molecule has 2 heterocycles. The number of anilines is 1. The zero-order valence-electron chi connectivity index (χ0n) is 13.7. The molecule has 0 radical (unpaired) electrons. The van der Waals surface area contributed by atoms with Gasteiger partial charge in [0, 0.05) is 31.7 Å². The molecule has 0 saturated carbocycles. The number of benzene rings is 2. The van der Waals surface area contributed by atoms with Crippen LogP contribution in [0, 0.1) is 5.92 Å². The Hall–Kier alpha value is -2.53. The summed E-state index contributed by atoms with van der Waals surface area (Å²) in [6.45, 7) is 2.66. The maximum atomic E-state index is 5.27. The van der Waals surface area contributed by atoms with E-state index in [2.05, 4.69) is 57.6 Å². The van der Waals surface area contributed by atoms with Crippen molar-refractivity contribution in [2.24, 2.45) is 5.92 Å². The second-order valence-electron chi connectivity index (χ2n) is 6.22. The average molecular weight is 320 g/mol. The van der Waals surface area contributed by atoms with E-state index < -0.39 is 0 Å². The Balaban J connectivity index is 1.68. The zero-order chi connectivity index (χ0) is 16.4. The quantitative estimate of drug-likeness (QED) is 0.739. The van der Waals surface area contributed by atoms with E-state index in [1.165, 1.54) is 10.8 Å². The van der Waals surface area contributed by atoms with Gasteiger partial charge in [-0.05, 0) is 17.2 Å². The Labute approximate surface area is 141 Å². The number of fused-ring (bicyclic) bond motifs is 1. The van der Waals surface area contributed by atoms with Gasteiger partial charge in [0.2, 0.25) is 5.95 Å². The molecular weight excluding hydrogens is 300 g/mol. The van der Waals surface area contributed by atoms with Crippen LogP contribution in [0.2, 0.25) is 0 Å². The van der Waals surface area contributed by atoms with Gasteiger partial charge in [-0.1, -0.05) is 42.5 Å². The standard InChI is InChI=1S/C19H20N4O/c1-24-13-14-9-10-23(12-14)19-21-18(11-20-22-19)17-8-4-6-15-5-2-3-7-16(15)17/h2-8,11,14H,9-10,12-13H2,1H3/t14-/m1/s1. The molecule has 5 heteroatoms. The molecule has 3 aromatic rings.